The van der Waals surface area contributed by atoms with Crippen molar-refractivity contribution in [2.75, 3.05) is 0 Å². The summed E-state index contributed by atoms with van der Waals surface area (Å²) in [5, 5.41) is -0.374. The van der Waals surface area contributed by atoms with Crippen molar-refractivity contribution in [3.8, 4) is 0 Å². The Hall–Kier alpha value is 0.360. The van der Waals surface area contributed by atoms with Gasteiger partial charge in [-0.2, -0.15) is 0 Å². The van der Waals surface area contributed by atoms with Crippen LogP contribution in [0.3, 0.4) is 0 Å². The van der Waals surface area contributed by atoms with Gasteiger partial charge in [0.05, 0.1) is 8.96 Å². The molecule has 0 bridgehead atoms. The monoisotopic (exact) mass is 332 g/mol. The quantitative estimate of drug-likeness (QED) is 0.638. The number of ketones is 2. The fraction of sp³-hybridized carbons (Fsp3) is 0. The molecule has 6 heteroatoms. The lowest BCUT2D eigenvalue weighted by molar-refractivity contribution is -0.114. The Balaban J connectivity index is 3.32. The minimum absolute atomic E-state index is 0.0328. The summed E-state index contributed by atoms with van der Waals surface area (Å²) >= 11 is 16.8. The van der Waals surface area contributed by atoms with Crippen LogP contribution in [0.1, 0.15) is 0 Å². The lowest BCUT2D eigenvalue weighted by atomic mass is 10.2. The predicted octanol–water partition coefficient (Wildman–Crippen LogP) is 2.83. The topological polar surface area (TPSA) is 34.1 Å². The van der Waals surface area contributed by atoms with Crippen LogP contribution in [-0.4, -0.2) is 11.6 Å². The Labute approximate surface area is 94.8 Å². The van der Waals surface area contributed by atoms with Gasteiger partial charge in [-0.25, -0.2) is 0 Å². The fourth-order valence-corrected chi connectivity index (χ4v) is 2.02. The zero-order chi connectivity index (χ0) is 9.46. The van der Waals surface area contributed by atoms with E-state index in [1.807, 2.05) is 0 Å². The normalized spacial score (nSPS) is 19.3. The Bertz CT molecular complexity index is 281. The van der Waals surface area contributed by atoms with E-state index in [4.69, 9.17) is 23.2 Å². The van der Waals surface area contributed by atoms with Gasteiger partial charge in [0, 0.05) is 0 Å². The molecule has 0 aromatic carbocycles. The summed E-state index contributed by atoms with van der Waals surface area (Å²) < 4.78 is 0.0656. The van der Waals surface area contributed by atoms with Crippen molar-refractivity contribution in [2.24, 2.45) is 0 Å². The molecule has 12 heavy (non-hydrogen) atoms. The molecule has 0 spiro atoms. The van der Waals surface area contributed by atoms with Crippen LogP contribution in [0.5, 0.6) is 0 Å². The van der Waals surface area contributed by atoms with Crippen LogP contribution in [0.25, 0.3) is 0 Å². The van der Waals surface area contributed by atoms with Crippen molar-refractivity contribution in [2.45, 2.75) is 0 Å². The minimum atomic E-state index is -0.559. The number of carbonyl (C=O) groups is 2. The Morgan fingerprint density at radius 2 is 1.17 bits per heavy atom. The first-order valence-corrected chi connectivity index (χ1v) is 5.01. The van der Waals surface area contributed by atoms with Gasteiger partial charge in [-0.15, -0.1) is 0 Å². The number of hydrogen-bond acceptors (Lipinski definition) is 2. The van der Waals surface area contributed by atoms with Gasteiger partial charge < -0.3 is 0 Å². The molecule has 0 saturated heterocycles. The molecule has 1 rings (SSSR count). The summed E-state index contributed by atoms with van der Waals surface area (Å²) in [6.45, 7) is 0. The molecule has 0 amide bonds. The number of allylic oxidation sites excluding steroid dienone is 4. The van der Waals surface area contributed by atoms with E-state index in [2.05, 4.69) is 31.9 Å². The Kier molecular flexibility index (Phi) is 3.15. The van der Waals surface area contributed by atoms with Crippen LogP contribution in [0.2, 0.25) is 0 Å². The number of Topliss-reactive ketones (excluding diaryl/α,β-unsaturated/α-hetero) is 2. The van der Waals surface area contributed by atoms with E-state index < -0.39 is 11.6 Å². The van der Waals surface area contributed by atoms with E-state index in [-0.39, 0.29) is 19.0 Å². The van der Waals surface area contributed by atoms with Crippen molar-refractivity contribution in [1.29, 1.82) is 0 Å². The van der Waals surface area contributed by atoms with Crippen molar-refractivity contribution in [1.82, 2.24) is 0 Å². The first kappa shape index (κ1) is 10.4. The highest BCUT2D eigenvalue weighted by molar-refractivity contribution is 9.13. The maximum atomic E-state index is 11.2. The highest BCUT2D eigenvalue weighted by Gasteiger charge is 2.30. The smallest absolute Gasteiger partial charge is 0.218 e. The molecule has 0 aromatic rings. The molecule has 0 unspecified atom stereocenters. The molecule has 64 valence electrons. The first-order valence-electron chi connectivity index (χ1n) is 2.66. The maximum Gasteiger partial charge on any atom is 0.218 e. The third-order valence-corrected chi connectivity index (χ3v) is 3.87. The van der Waals surface area contributed by atoms with Gasteiger partial charge in [-0.05, 0) is 31.9 Å². The van der Waals surface area contributed by atoms with Crippen molar-refractivity contribution in [3.05, 3.63) is 19.0 Å². The third-order valence-electron chi connectivity index (χ3n) is 1.18. The summed E-state index contributed by atoms with van der Waals surface area (Å²) in [5.74, 6) is -0.985. The molecule has 0 atom stereocenters. The maximum absolute atomic E-state index is 11.2. The molecule has 2 nitrogen and oxygen atoms in total. The number of hydrogen-bond donors (Lipinski definition) is 0. The molecule has 0 aliphatic heterocycles. The highest BCUT2D eigenvalue weighted by Crippen LogP contribution is 2.34. The third kappa shape index (κ3) is 1.53. The van der Waals surface area contributed by atoms with Crippen molar-refractivity contribution in [3.63, 3.8) is 0 Å². The van der Waals surface area contributed by atoms with Crippen molar-refractivity contribution < 1.29 is 9.59 Å². The van der Waals surface area contributed by atoms with Gasteiger partial charge in [0.25, 0.3) is 0 Å². The van der Waals surface area contributed by atoms with Crippen molar-refractivity contribution >= 4 is 66.6 Å². The van der Waals surface area contributed by atoms with Gasteiger partial charge in [0.15, 0.2) is 0 Å². The highest BCUT2D eigenvalue weighted by atomic mass is 79.9. The molecule has 0 heterocycles. The second kappa shape index (κ2) is 3.62. The number of halogens is 4. The Morgan fingerprint density at radius 3 is 1.50 bits per heavy atom. The van der Waals surface area contributed by atoms with Gasteiger partial charge >= 0.3 is 0 Å². The van der Waals surface area contributed by atoms with E-state index in [9.17, 15) is 9.59 Å². The SMILES string of the molecule is O=C1C(Cl)=C(Br)C(=O)C(Br)=C1Cl. The summed E-state index contributed by atoms with van der Waals surface area (Å²) in [6.07, 6.45) is 0. The number of rotatable bonds is 0. The molecular weight excluding hydrogens is 335 g/mol. The predicted molar refractivity (Wildman–Crippen MR) is 53.6 cm³/mol. The van der Waals surface area contributed by atoms with Crippen LogP contribution in [0.4, 0.5) is 0 Å². The Morgan fingerprint density at radius 1 is 0.833 bits per heavy atom. The van der Waals surface area contributed by atoms with E-state index >= 15 is 0 Å². The van der Waals surface area contributed by atoms with Crippen LogP contribution < -0.4 is 0 Å². The first-order chi connectivity index (χ1) is 5.46. The lowest BCUT2D eigenvalue weighted by Gasteiger charge is -2.09. The molecule has 1 aliphatic rings. The molecule has 1 aliphatic carbocycles. The fourth-order valence-electron chi connectivity index (χ4n) is 0.591. The summed E-state index contributed by atoms with van der Waals surface area (Å²) in [5.41, 5.74) is 0. The van der Waals surface area contributed by atoms with Gasteiger partial charge in [-0.1, -0.05) is 23.2 Å². The molecule has 0 saturated carbocycles. The van der Waals surface area contributed by atoms with Gasteiger partial charge in [0.2, 0.25) is 11.6 Å². The van der Waals surface area contributed by atoms with E-state index in [0.717, 1.165) is 0 Å². The van der Waals surface area contributed by atoms with E-state index in [1.165, 1.54) is 0 Å². The summed E-state index contributed by atoms with van der Waals surface area (Å²) in [4.78, 5) is 22.3. The van der Waals surface area contributed by atoms with E-state index in [1.54, 1.807) is 0 Å². The van der Waals surface area contributed by atoms with E-state index in [0.29, 0.717) is 0 Å². The largest absolute Gasteiger partial charge is 0.287 e. The average Bonchev–Trinajstić information content (AvgIpc) is 2.08. The second-order valence-electron chi connectivity index (χ2n) is 1.91. The minimum Gasteiger partial charge on any atom is -0.287 e. The molecule has 0 aromatic heterocycles. The molecule has 0 fully saturated rings. The van der Waals surface area contributed by atoms with Crippen LogP contribution in [0.15, 0.2) is 19.0 Å². The second-order valence-corrected chi connectivity index (χ2v) is 4.26. The lowest BCUT2D eigenvalue weighted by Crippen LogP contribution is -2.14. The van der Waals surface area contributed by atoms with Gasteiger partial charge in [-0.3, -0.25) is 9.59 Å². The zero-order valence-electron chi connectivity index (χ0n) is 5.33. The average molecular weight is 335 g/mol. The standard InChI is InChI=1S/C6Br2Cl2O2/c7-1-3(9)6(12)4(10)2(8)5(1)11. The number of carbonyl (C=O) groups excluding carboxylic acids is 2. The van der Waals surface area contributed by atoms with Crippen LogP contribution in [-0.2, 0) is 9.59 Å². The zero-order valence-corrected chi connectivity index (χ0v) is 10.0. The molecular formula is C6Br2Cl2O2. The van der Waals surface area contributed by atoms with Crippen LogP contribution in [0, 0.1) is 0 Å². The summed E-state index contributed by atoms with van der Waals surface area (Å²) in [6, 6.07) is 0. The molecule has 0 N–H and O–H groups in total. The van der Waals surface area contributed by atoms with Crippen LogP contribution >= 0.6 is 55.1 Å². The molecule has 0 radical (unpaired) electrons. The van der Waals surface area contributed by atoms with Gasteiger partial charge in [0.1, 0.15) is 10.1 Å². The summed E-state index contributed by atoms with van der Waals surface area (Å²) in [7, 11) is 0.